The van der Waals surface area contributed by atoms with Crippen LogP contribution in [-0.2, 0) is 4.79 Å². The van der Waals surface area contributed by atoms with Crippen LogP contribution in [0.25, 0.3) is 0 Å². The van der Waals surface area contributed by atoms with Crippen LogP contribution in [0.5, 0.6) is 0 Å². The van der Waals surface area contributed by atoms with Crippen molar-refractivity contribution in [2.24, 2.45) is 5.73 Å². The molecule has 0 aromatic carbocycles. The van der Waals surface area contributed by atoms with Crippen LogP contribution < -0.4 is 5.73 Å². The molecule has 0 spiro atoms. The van der Waals surface area contributed by atoms with Crippen molar-refractivity contribution in [2.75, 3.05) is 0 Å². The Labute approximate surface area is 60.1 Å². The van der Waals surface area contributed by atoms with E-state index >= 15 is 0 Å². The highest BCUT2D eigenvalue weighted by molar-refractivity contribution is 5.85. The number of carboxylic acids is 1. The van der Waals surface area contributed by atoms with E-state index in [4.69, 9.17) is 10.8 Å². The number of carbonyl (C=O) groups is 1. The molecule has 52 valence electrons. The maximum atomic E-state index is 9.57. The molecular formula is C3H9Cl2NO2. The Morgan fingerprint density at radius 3 is 1.75 bits per heavy atom. The van der Waals surface area contributed by atoms with Gasteiger partial charge < -0.3 is 10.8 Å². The lowest BCUT2D eigenvalue weighted by atomic mass is 10.4. The van der Waals surface area contributed by atoms with Crippen molar-refractivity contribution in [2.45, 2.75) is 13.0 Å². The van der Waals surface area contributed by atoms with Crippen molar-refractivity contribution < 1.29 is 9.90 Å². The molecule has 0 aliphatic rings. The molecule has 0 saturated carbocycles. The largest absolute Gasteiger partial charge is 0.480 e. The van der Waals surface area contributed by atoms with Gasteiger partial charge in [0.15, 0.2) is 0 Å². The fourth-order valence-electron chi connectivity index (χ4n) is 0. The van der Waals surface area contributed by atoms with Gasteiger partial charge in [-0.1, -0.05) is 0 Å². The Kier molecular flexibility index (Phi) is 13.7. The van der Waals surface area contributed by atoms with Gasteiger partial charge in [0, 0.05) is 0 Å². The van der Waals surface area contributed by atoms with E-state index in [2.05, 4.69) is 0 Å². The van der Waals surface area contributed by atoms with Gasteiger partial charge in [0.2, 0.25) is 0 Å². The molecule has 0 amide bonds. The highest BCUT2D eigenvalue weighted by Crippen LogP contribution is 1.68. The van der Waals surface area contributed by atoms with E-state index in [1.54, 1.807) is 0 Å². The first-order valence-electron chi connectivity index (χ1n) is 1.63. The number of rotatable bonds is 1. The summed E-state index contributed by atoms with van der Waals surface area (Å²) in [6.45, 7) is 1.42. The third-order valence-corrected chi connectivity index (χ3v) is 0.390. The summed E-state index contributed by atoms with van der Waals surface area (Å²) in [5.74, 6) is -0.963. The van der Waals surface area contributed by atoms with Crippen LogP contribution in [0, 0.1) is 0 Å². The lowest BCUT2D eigenvalue weighted by Crippen LogP contribution is -2.25. The Balaban J connectivity index is -0.000000125. The minimum atomic E-state index is -0.963. The van der Waals surface area contributed by atoms with Crippen LogP contribution in [0.2, 0.25) is 0 Å². The minimum Gasteiger partial charge on any atom is -0.480 e. The van der Waals surface area contributed by atoms with E-state index in [0.717, 1.165) is 0 Å². The second-order valence-corrected chi connectivity index (χ2v) is 1.13. The first-order chi connectivity index (χ1) is 2.64. The number of halogens is 2. The molecule has 0 heterocycles. The zero-order valence-corrected chi connectivity index (χ0v) is 5.96. The summed E-state index contributed by atoms with van der Waals surface area (Å²) >= 11 is 0. The average Bonchev–Trinajstić information content (AvgIpc) is 1.36. The SMILES string of the molecule is C[C@@H](N)C(=O)O.Cl.Cl. The van der Waals surface area contributed by atoms with E-state index in [1.165, 1.54) is 6.92 Å². The standard InChI is InChI=1S/C3H7NO2.2ClH/c1-2(4)3(5)6;;/h2H,4H2,1H3,(H,5,6);2*1H/t2-;;/m1../s1. The maximum absolute atomic E-state index is 9.57. The molecule has 0 aliphatic heterocycles. The number of aliphatic carboxylic acids is 1. The van der Waals surface area contributed by atoms with Crippen LogP contribution in [-0.4, -0.2) is 17.1 Å². The van der Waals surface area contributed by atoms with E-state index in [1.807, 2.05) is 0 Å². The van der Waals surface area contributed by atoms with E-state index in [0.29, 0.717) is 0 Å². The molecule has 8 heavy (non-hydrogen) atoms. The molecule has 3 nitrogen and oxygen atoms in total. The molecule has 0 aliphatic carbocycles. The van der Waals surface area contributed by atoms with Crippen molar-refractivity contribution >= 4 is 30.8 Å². The number of nitrogens with two attached hydrogens (primary N) is 1. The first-order valence-corrected chi connectivity index (χ1v) is 1.63. The third-order valence-electron chi connectivity index (χ3n) is 0.390. The van der Waals surface area contributed by atoms with Crippen molar-refractivity contribution in [1.29, 1.82) is 0 Å². The second-order valence-electron chi connectivity index (χ2n) is 1.13. The number of carboxylic acid groups (broad SMARTS) is 1. The summed E-state index contributed by atoms with van der Waals surface area (Å²) in [5, 5.41) is 7.87. The van der Waals surface area contributed by atoms with Crippen LogP contribution >= 0.6 is 24.8 Å². The van der Waals surface area contributed by atoms with Crippen molar-refractivity contribution in [3.8, 4) is 0 Å². The summed E-state index contributed by atoms with van der Waals surface area (Å²) in [5.41, 5.74) is 4.84. The molecule has 0 aromatic rings. The normalized spacial score (nSPS) is 10.2. The molecular weight excluding hydrogens is 153 g/mol. The quantitative estimate of drug-likeness (QED) is 0.581. The van der Waals surface area contributed by atoms with Gasteiger partial charge in [-0.3, -0.25) is 4.79 Å². The van der Waals surface area contributed by atoms with Gasteiger partial charge in [0.05, 0.1) is 0 Å². The number of hydrogen-bond donors (Lipinski definition) is 2. The summed E-state index contributed by atoms with van der Waals surface area (Å²) in [4.78, 5) is 9.57. The fourth-order valence-corrected chi connectivity index (χ4v) is 0. The highest BCUT2D eigenvalue weighted by atomic mass is 35.5. The van der Waals surface area contributed by atoms with Crippen LogP contribution in [0.15, 0.2) is 0 Å². The Morgan fingerprint density at radius 2 is 1.75 bits per heavy atom. The number of hydrogen-bond acceptors (Lipinski definition) is 2. The third kappa shape index (κ3) is 9.38. The predicted molar refractivity (Wildman–Crippen MR) is 35.8 cm³/mol. The van der Waals surface area contributed by atoms with E-state index < -0.39 is 12.0 Å². The van der Waals surface area contributed by atoms with Crippen LogP contribution in [0.4, 0.5) is 0 Å². The second kappa shape index (κ2) is 7.01. The van der Waals surface area contributed by atoms with Crippen LogP contribution in [0.1, 0.15) is 6.92 Å². The Morgan fingerprint density at radius 1 is 1.62 bits per heavy atom. The van der Waals surface area contributed by atoms with Gasteiger partial charge in [-0.25, -0.2) is 0 Å². The lowest BCUT2D eigenvalue weighted by molar-refractivity contribution is -0.138. The molecule has 0 rings (SSSR count). The Hall–Kier alpha value is 0.01000. The fraction of sp³-hybridized carbons (Fsp3) is 0.667. The zero-order valence-electron chi connectivity index (χ0n) is 4.33. The van der Waals surface area contributed by atoms with E-state index in [9.17, 15) is 4.79 Å². The van der Waals surface area contributed by atoms with Crippen molar-refractivity contribution in [1.82, 2.24) is 0 Å². The van der Waals surface area contributed by atoms with Gasteiger partial charge in [-0.05, 0) is 6.92 Å². The first kappa shape index (κ1) is 15.7. The van der Waals surface area contributed by atoms with Crippen LogP contribution in [0.3, 0.4) is 0 Å². The molecule has 3 N–H and O–H groups in total. The Bertz CT molecular complexity index is 66.3. The van der Waals surface area contributed by atoms with Gasteiger partial charge in [0.25, 0.3) is 0 Å². The highest BCUT2D eigenvalue weighted by Gasteiger charge is 1.99. The molecule has 0 bridgehead atoms. The maximum Gasteiger partial charge on any atom is 0.320 e. The molecule has 5 heteroatoms. The van der Waals surface area contributed by atoms with E-state index in [-0.39, 0.29) is 24.8 Å². The van der Waals surface area contributed by atoms with Gasteiger partial charge in [-0.2, -0.15) is 0 Å². The smallest absolute Gasteiger partial charge is 0.320 e. The van der Waals surface area contributed by atoms with Crippen molar-refractivity contribution in [3.63, 3.8) is 0 Å². The summed E-state index contributed by atoms with van der Waals surface area (Å²) in [6, 6.07) is -0.731. The molecule has 0 fully saturated rings. The minimum absolute atomic E-state index is 0. The molecule has 0 saturated heterocycles. The summed E-state index contributed by atoms with van der Waals surface area (Å²) in [6.07, 6.45) is 0. The average molecular weight is 162 g/mol. The van der Waals surface area contributed by atoms with Gasteiger partial charge in [0.1, 0.15) is 6.04 Å². The molecule has 1 atom stereocenters. The molecule has 0 radical (unpaired) electrons. The summed E-state index contributed by atoms with van der Waals surface area (Å²) < 4.78 is 0. The molecule has 0 unspecified atom stereocenters. The van der Waals surface area contributed by atoms with Crippen molar-refractivity contribution in [3.05, 3.63) is 0 Å². The monoisotopic (exact) mass is 161 g/mol. The zero-order chi connectivity index (χ0) is 5.15. The lowest BCUT2D eigenvalue weighted by Gasteiger charge is -1.90. The predicted octanol–water partition coefficient (Wildman–Crippen LogP) is 0.262. The molecule has 0 aromatic heterocycles. The summed E-state index contributed by atoms with van der Waals surface area (Å²) in [7, 11) is 0. The topological polar surface area (TPSA) is 63.3 Å². The van der Waals surface area contributed by atoms with Gasteiger partial charge >= 0.3 is 5.97 Å². The van der Waals surface area contributed by atoms with Gasteiger partial charge in [-0.15, -0.1) is 24.8 Å².